The van der Waals surface area contributed by atoms with Crippen molar-refractivity contribution < 1.29 is 0 Å². The van der Waals surface area contributed by atoms with Crippen molar-refractivity contribution in [2.45, 2.75) is 31.2 Å². The molecule has 0 atom stereocenters. The second-order valence-electron chi connectivity index (χ2n) is 5.60. The molecule has 0 amide bonds. The summed E-state index contributed by atoms with van der Waals surface area (Å²) >= 11 is 0. The number of imidazole rings is 1. The van der Waals surface area contributed by atoms with Gasteiger partial charge >= 0.3 is 0 Å². The number of fused-ring (bicyclic) bond motifs is 1. The van der Waals surface area contributed by atoms with Gasteiger partial charge in [0.2, 0.25) is 0 Å². The molecule has 0 aliphatic carbocycles. The van der Waals surface area contributed by atoms with E-state index in [0.717, 1.165) is 30.1 Å². The Morgan fingerprint density at radius 2 is 2.00 bits per heavy atom. The summed E-state index contributed by atoms with van der Waals surface area (Å²) in [5, 5.41) is 3.70. The van der Waals surface area contributed by atoms with Crippen LogP contribution in [0.5, 0.6) is 0 Å². The average molecular weight is 258 g/mol. The summed E-state index contributed by atoms with van der Waals surface area (Å²) < 4.78 is 0. The maximum Gasteiger partial charge on any atom is 0.182 e. The van der Waals surface area contributed by atoms with E-state index < -0.39 is 0 Å². The minimum Gasteiger partial charge on any atom is -0.355 e. The minimum absolute atomic E-state index is 0.399. The van der Waals surface area contributed by atoms with Gasteiger partial charge in [0.1, 0.15) is 11.8 Å². The Kier molecular flexibility index (Phi) is 2.44. The van der Waals surface area contributed by atoms with Crippen molar-refractivity contribution in [1.29, 1.82) is 0 Å². The highest BCUT2D eigenvalue weighted by molar-refractivity contribution is 5.82. The summed E-state index contributed by atoms with van der Waals surface area (Å²) in [6, 6.07) is 0. The summed E-state index contributed by atoms with van der Waals surface area (Å²) in [5.74, 6) is 0.996. The van der Waals surface area contributed by atoms with E-state index in [9.17, 15) is 0 Å². The number of nitrogens with zero attached hydrogens (tertiary/aromatic N) is 4. The van der Waals surface area contributed by atoms with Gasteiger partial charge in [0.15, 0.2) is 11.5 Å². The maximum absolute atomic E-state index is 4.44. The number of aromatic nitrogens is 4. The lowest BCUT2D eigenvalue weighted by Gasteiger charge is -2.40. The van der Waals surface area contributed by atoms with Gasteiger partial charge in [-0.15, -0.1) is 0 Å². The highest BCUT2D eigenvalue weighted by Crippen LogP contribution is 2.33. The molecule has 2 aromatic heterocycles. The predicted molar refractivity (Wildman–Crippen MR) is 73.1 cm³/mol. The molecular formula is C13H18N6. The van der Waals surface area contributed by atoms with E-state index in [1.807, 2.05) is 0 Å². The molecule has 2 aromatic rings. The SMILES string of the molecule is c1nc(N2CCC3(CCCN3)CC2)c2[nH]cnc2n1. The first-order valence-electron chi connectivity index (χ1n) is 7.00. The van der Waals surface area contributed by atoms with Gasteiger partial charge < -0.3 is 15.2 Å². The van der Waals surface area contributed by atoms with Crippen LogP contribution in [0.25, 0.3) is 11.2 Å². The molecule has 0 saturated carbocycles. The molecular weight excluding hydrogens is 240 g/mol. The van der Waals surface area contributed by atoms with Crippen LogP contribution < -0.4 is 10.2 Å². The van der Waals surface area contributed by atoms with Crippen LogP contribution in [0.2, 0.25) is 0 Å². The van der Waals surface area contributed by atoms with Gasteiger partial charge in [-0.1, -0.05) is 0 Å². The standard InChI is InChI=1S/C13H18N6/c1-2-13(18-5-1)3-6-19(7-4-13)12-10-11(15-8-14-10)16-9-17-12/h8-9,18H,1-7H2,(H,14,15,16,17). The van der Waals surface area contributed by atoms with Crippen molar-refractivity contribution in [2.24, 2.45) is 0 Å². The zero-order valence-electron chi connectivity index (χ0n) is 10.9. The molecule has 0 radical (unpaired) electrons. The van der Waals surface area contributed by atoms with Gasteiger partial charge in [0.05, 0.1) is 6.33 Å². The zero-order valence-corrected chi connectivity index (χ0v) is 10.9. The number of anilines is 1. The summed E-state index contributed by atoms with van der Waals surface area (Å²) in [6.07, 6.45) is 8.34. The van der Waals surface area contributed by atoms with Gasteiger partial charge in [-0.25, -0.2) is 15.0 Å². The van der Waals surface area contributed by atoms with Crippen LogP contribution in [0, 0.1) is 0 Å². The third-order valence-electron chi connectivity index (χ3n) is 4.56. The van der Waals surface area contributed by atoms with Crippen LogP contribution >= 0.6 is 0 Å². The lowest BCUT2D eigenvalue weighted by atomic mass is 9.86. The molecule has 0 aromatic carbocycles. The van der Waals surface area contributed by atoms with Crippen molar-refractivity contribution in [3.63, 3.8) is 0 Å². The molecule has 4 heterocycles. The molecule has 6 nitrogen and oxygen atoms in total. The van der Waals surface area contributed by atoms with Crippen LogP contribution in [0.1, 0.15) is 25.7 Å². The number of rotatable bonds is 1. The van der Waals surface area contributed by atoms with Crippen molar-refractivity contribution in [3.8, 4) is 0 Å². The number of hydrogen-bond acceptors (Lipinski definition) is 5. The Labute approximate surface area is 111 Å². The minimum atomic E-state index is 0.399. The number of hydrogen-bond donors (Lipinski definition) is 2. The summed E-state index contributed by atoms with van der Waals surface area (Å²) in [4.78, 5) is 18.3. The third kappa shape index (κ3) is 1.78. The summed E-state index contributed by atoms with van der Waals surface area (Å²) in [7, 11) is 0. The van der Waals surface area contributed by atoms with Crippen LogP contribution in [0.4, 0.5) is 5.82 Å². The number of nitrogens with one attached hydrogen (secondary N) is 2. The van der Waals surface area contributed by atoms with Crippen molar-refractivity contribution in [2.75, 3.05) is 24.5 Å². The molecule has 2 saturated heterocycles. The quantitative estimate of drug-likeness (QED) is 0.801. The summed E-state index contributed by atoms with van der Waals surface area (Å²) in [5.41, 5.74) is 2.11. The van der Waals surface area contributed by atoms with Gasteiger partial charge in [-0.05, 0) is 32.2 Å². The van der Waals surface area contributed by atoms with E-state index in [1.54, 1.807) is 12.7 Å². The first-order valence-corrected chi connectivity index (χ1v) is 7.00. The smallest absolute Gasteiger partial charge is 0.182 e. The first-order chi connectivity index (χ1) is 9.36. The second kappa shape index (κ2) is 4.16. The van der Waals surface area contributed by atoms with Gasteiger partial charge in [-0.2, -0.15) is 0 Å². The Hall–Kier alpha value is -1.69. The van der Waals surface area contributed by atoms with Crippen molar-refractivity contribution >= 4 is 17.0 Å². The molecule has 2 fully saturated rings. The van der Waals surface area contributed by atoms with E-state index >= 15 is 0 Å². The summed E-state index contributed by atoms with van der Waals surface area (Å²) in [6.45, 7) is 3.29. The molecule has 1 spiro atoms. The lowest BCUT2D eigenvalue weighted by molar-refractivity contribution is 0.296. The molecule has 2 aliphatic rings. The molecule has 6 heteroatoms. The monoisotopic (exact) mass is 258 g/mol. The van der Waals surface area contributed by atoms with Crippen LogP contribution in [0.15, 0.2) is 12.7 Å². The molecule has 0 bridgehead atoms. The molecule has 2 N–H and O–H groups in total. The lowest BCUT2D eigenvalue weighted by Crippen LogP contribution is -2.50. The van der Waals surface area contributed by atoms with Gasteiger partial charge in [-0.3, -0.25) is 0 Å². The molecule has 2 aliphatic heterocycles. The van der Waals surface area contributed by atoms with E-state index in [1.165, 1.54) is 32.2 Å². The third-order valence-corrected chi connectivity index (χ3v) is 4.56. The fraction of sp³-hybridized carbons (Fsp3) is 0.615. The Morgan fingerprint density at radius 1 is 1.11 bits per heavy atom. The fourth-order valence-electron chi connectivity index (χ4n) is 3.43. The van der Waals surface area contributed by atoms with Crippen molar-refractivity contribution in [3.05, 3.63) is 12.7 Å². The Bertz CT molecular complexity index is 576. The van der Waals surface area contributed by atoms with Crippen molar-refractivity contribution in [1.82, 2.24) is 25.3 Å². The normalized spacial score (nSPS) is 22.4. The van der Waals surface area contributed by atoms with Crippen LogP contribution in [0.3, 0.4) is 0 Å². The Balaban J connectivity index is 1.59. The van der Waals surface area contributed by atoms with Crippen LogP contribution in [-0.4, -0.2) is 45.1 Å². The first kappa shape index (κ1) is 11.2. The molecule has 100 valence electrons. The zero-order chi connectivity index (χ0) is 12.7. The van der Waals surface area contributed by atoms with E-state index in [-0.39, 0.29) is 0 Å². The number of H-pyrrole nitrogens is 1. The van der Waals surface area contributed by atoms with E-state index in [4.69, 9.17) is 0 Å². The maximum atomic E-state index is 4.44. The molecule has 0 unspecified atom stereocenters. The number of aromatic amines is 1. The highest BCUT2D eigenvalue weighted by atomic mass is 15.2. The highest BCUT2D eigenvalue weighted by Gasteiger charge is 2.37. The average Bonchev–Trinajstić information content (AvgIpc) is 3.09. The number of piperidine rings is 1. The fourth-order valence-corrected chi connectivity index (χ4v) is 3.43. The second-order valence-corrected chi connectivity index (χ2v) is 5.60. The van der Waals surface area contributed by atoms with Gasteiger partial charge in [0, 0.05) is 18.6 Å². The van der Waals surface area contributed by atoms with E-state index in [0.29, 0.717) is 5.54 Å². The predicted octanol–water partition coefficient (Wildman–Crippen LogP) is 1.08. The molecule has 19 heavy (non-hydrogen) atoms. The largest absolute Gasteiger partial charge is 0.355 e. The topological polar surface area (TPSA) is 69.7 Å². The Morgan fingerprint density at radius 3 is 2.79 bits per heavy atom. The van der Waals surface area contributed by atoms with E-state index in [2.05, 4.69) is 30.2 Å². The van der Waals surface area contributed by atoms with Crippen LogP contribution in [-0.2, 0) is 0 Å². The molecule has 4 rings (SSSR count). The van der Waals surface area contributed by atoms with Gasteiger partial charge in [0.25, 0.3) is 0 Å².